The number of hydrogen-bond donors (Lipinski definition) is 0. The third-order valence-electron chi connectivity index (χ3n) is 14.8. The van der Waals surface area contributed by atoms with Gasteiger partial charge in [0.05, 0.1) is 0 Å². The second kappa shape index (κ2) is 68.7. The molecule has 0 heterocycles. The summed E-state index contributed by atoms with van der Waals surface area (Å²) in [7, 11) is 0. The maximum absolute atomic E-state index is 2.58. The normalized spacial score (nSPS) is 15.3. The molecule has 1 saturated carbocycles. The van der Waals surface area contributed by atoms with E-state index < -0.39 is 0 Å². The predicted molar refractivity (Wildman–Crippen MR) is 417 cm³/mol. The van der Waals surface area contributed by atoms with Crippen molar-refractivity contribution in [2.24, 2.45) is 10.8 Å². The van der Waals surface area contributed by atoms with Gasteiger partial charge in [-0.3, -0.25) is 0 Å². The molecular formula is C84H168. The molecule has 2 unspecified atom stereocenters. The fourth-order valence-corrected chi connectivity index (χ4v) is 10.7. The van der Waals surface area contributed by atoms with Gasteiger partial charge in [-0.25, -0.2) is 0 Å². The van der Waals surface area contributed by atoms with E-state index in [-0.39, 0.29) is 10.8 Å². The fraction of sp³-hybridized carbons (Fsp3) is 0.690. The lowest BCUT2D eigenvalue weighted by molar-refractivity contribution is 0.544. The summed E-state index contributed by atoms with van der Waals surface area (Å²) in [6.07, 6.45) is 4.48. The van der Waals surface area contributed by atoms with Crippen LogP contribution in [0.1, 0.15) is 392 Å². The third-order valence-corrected chi connectivity index (χ3v) is 14.8. The van der Waals surface area contributed by atoms with Crippen LogP contribution in [0.2, 0.25) is 0 Å². The summed E-state index contributed by atoms with van der Waals surface area (Å²) in [5.74, 6) is 0. The summed E-state index contributed by atoms with van der Waals surface area (Å²) in [6, 6.07) is 2.58. The van der Waals surface area contributed by atoms with Crippen molar-refractivity contribution in [2.75, 3.05) is 0 Å². The predicted octanol–water partition coefficient (Wildman–Crippen LogP) is 30.9. The van der Waals surface area contributed by atoms with Gasteiger partial charge in [0, 0.05) is 10.8 Å². The Hall–Kier alpha value is -3.38. The van der Waals surface area contributed by atoms with Crippen LogP contribution in [0.4, 0.5) is 0 Å². The summed E-state index contributed by atoms with van der Waals surface area (Å²) < 4.78 is 0. The van der Waals surface area contributed by atoms with Crippen molar-refractivity contribution in [1.82, 2.24) is 0 Å². The number of hydrogen-bond acceptors (Lipinski definition) is 0. The topological polar surface area (TPSA) is 0 Å². The minimum absolute atomic E-state index is 0.137. The molecule has 4 aliphatic carbocycles. The Labute approximate surface area is 539 Å². The minimum Gasteiger partial charge on any atom is -0.0844 e. The Morgan fingerprint density at radius 2 is 0.726 bits per heavy atom. The van der Waals surface area contributed by atoms with Gasteiger partial charge in [0.1, 0.15) is 0 Å². The number of allylic oxidation sites excluding steroid dienone is 12. The molecule has 2 aromatic rings. The lowest BCUT2D eigenvalue weighted by atomic mass is 9.65. The SMILES string of the molecule is C/C=C(C)/C(C)=C(/C)c1cc(-c2c(C)c(C)c3c(c2C)=C(C)C2=C(C)C(C)=C(C)C4(C)CC24C=3C)c2c(c1C)CC(C)=C(C)C(C)=C2C.CC.CC.CC.CC.CC.CC.CC.CC.CC.CC.CC.CC.CC.CC.CC.CC.CC.CC. The van der Waals surface area contributed by atoms with Crippen molar-refractivity contribution in [3.63, 3.8) is 0 Å². The van der Waals surface area contributed by atoms with E-state index in [0.29, 0.717) is 0 Å². The monoisotopic (exact) mass is 1180 g/mol. The molecule has 0 aliphatic heterocycles. The molecule has 0 radical (unpaired) electrons. The number of rotatable bonds is 3. The van der Waals surface area contributed by atoms with Gasteiger partial charge in [0.15, 0.2) is 0 Å². The highest BCUT2D eigenvalue weighted by molar-refractivity contribution is 5.94. The van der Waals surface area contributed by atoms with Crippen LogP contribution in [-0.4, -0.2) is 0 Å². The molecule has 0 aromatic heterocycles. The molecule has 0 amide bonds. The molecule has 4 aliphatic rings. The third kappa shape index (κ3) is 26.5. The molecule has 0 saturated heterocycles. The average Bonchev–Trinajstić information content (AvgIpc) is 4.26. The molecule has 1 fully saturated rings. The van der Waals surface area contributed by atoms with Gasteiger partial charge >= 0.3 is 0 Å². The van der Waals surface area contributed by atoms with Gasteiger partial charge in [-0.2, -0.15) is 0 Å². The fourth-order valence-electron chi connectivity index (χ4n) is 10.7. The van der Waals surface area contributed by atoms with Crippen LogP contribution in [0.25, 0.3) is 33.4 Å². The molecule has 0 heteroatoms. The minimum atomic E-state index is 0.137. The van der Waals surface area contributed by atoms with Crippen LogP contribution in [0.15, 0.2) is 62.3 Å². The molecule has 1 spiro atoms. The van der Waals surface area contributed by atoms with E-state index in [1.165, 1.54) is 123 Å². The van der Waals surface area contributed by atoms with Crippen molar-refractivity contribution < 1.29 is 0 Å². The Morgan fingerprint density at radius 1 is 0.369 bits per heavy atom. The summed E-state index contributed by atoms with van der Waals surface area (Å²) in [6.45, 7) is 115. The second-order valence-corrected chi connectivity index (χ2v) is 16.4. The maximum Gasteiger partial charge on any atom is 0.0273 e. The second-order valence-electron chi connectivity index (χ2n) is 16.4. The zero-order valence-electron chi connectivity index (χ0n) is 69.6. The van der Waals surface area contributed by atoms with Gasteiger partial charge in [0.2, 0.25) is 0 Å². The van der Waals surface area contributed by atoms with Crippen molar-refractivity contribution in [3.8, 4) is 11.1 Å². The van der Waals surface area contributed by atoms with E-state index in [1.54, 1.807) is 16.7 Å². The van der Waals surface area contributed by atoms with Gasteiger partial charge in [-0.05, 0) is 247 Å². The Bertz CT molecular complexity index is 2220. The van der Waals surface area contributed by atoms with E-state index in [9.17, 15) is 0 Å². The summed E-state index contributed by atoms with van der Waals surface area (Å²) >= 11 is 0. The van der Waals surface area contributed by atoms with Crippen LogP contribution >= 0.6 is 0 Å². The van der Waals surface area contributed by atoms with Crippen LogP contribution in [-0.2, 0) is 6.42 Å². The van der Waals surface area contributed by atoms with Gasteiger partial charge in [-0.15, -0.1) is 0 Å². The summed E-state index contributed by atoms with van der Waals surface area (Å²) in [4.78, 5) is 0. The number of fused-ring (bicyclic) bond motifs is 2. The van der Waals surface area contributed by atoms with E-state index in [0.717, 1.165) is 6.42 Å². The average molecular weight is 1180 g/mol. The molecule has 0 N–H and O–H groups in total. The highest BCUT2D eigenvalue weighted by Gasteiger charge is 2.70. The Kier molecular flexibility index (Phi) is 91.5. The Morgan fingerprint density at radius 3 is 1.07 bits per heavy atom. The van der Waals surface area contributed by atoms with Gasteiger partial charge in [0.25, 0.3) is 0 Å². The van der Waals surface area contributed by atoms with Crippen LogP contribution in [0.5, 0.6) is 0 Å². The number of benzene rings is 2. The highest BCUT2D eigenvalue weighted by Crippen LogP contribution is 2.79. The van der Waals surface area contributed by atoms with Crippen LogP contribution < -0.4 is 10.4 Å². The molecule has 504 valence electrons. The van der Waals surface area contributed by atoms with Crippen LogP contribution in [0.3, 0.4) is 0 Å². The van der Waals surface area contributed by atoms with E-state index in [1.807, 2.05) is 249 Å². The first-order chi connectivity index (χ1) is 40.3. The Balaban J connectivity index is -0.000000109. The van der Waals surface area contributed by atoms with Crippen molar-refractivity contribution in [3.05, 3.63) is 112 Å². The molecule has 6 rings (SSSR count). The summed E-state index contributed by atoms with van der Waals surface area (Å²) in [5.41, 5.74) is 32.6. The molecule has 0 nitrogen and oxygen atoms in total. The summed E-state index contributed by atoms with van der Waals surface area (Å²) in [5, 5.41) is 3.03. The first-order valence-corrected chi connectivity index (χ1v) is 36.4. The molecule has 2 aromatic carbocycles. The van der Waals surface area contributed by atoms with Crippen molar-refractivity contribution in [1.29, 1.82) is 0 Å². The first kappa shape index (κ1) is 112. The van der Waals surface area contributed by atoms with Gasteiger partial charge in [-0.1, -0.05) is 285 Å². The molecule has 2 atom stereocenters. The highest BCUT2D eigenvalue weighted by atomic mass is 14.7. The van der Waals surface area contributed by atoms with Crippen molar-refractivity contribution >= 4 is 22.3 Å². The quantitative estimate of drug-likeness (QED) is 0.269. The van der Waals surface area contributed by atoms with Crippen LogP contribution in [0, 0.1) is 38.5 Å². The lowest BCUT2D eigenvalue weighted by Crippen LogP contribution is -2.43. The largest absolute Gasteiger partial charge is 0.0844 e. The van der Waals surface area contributed by atoms with Crippen molar-refractivity contribution in [2.45, 2.75) is 387 Å². The first-order valence-electron chi connectivity index (χ1n) is 36.4. The standard InChI is InChI=1S/C48H60.18C2H6/c1-19-23(2)25(4)29(8)39-21-41(45-30(9)27(6)26(5)24(3)20-40(45)34(39)13)42-31(10)32(11)44-38(17)48-22-47(48,18)37(16)28(7)33(12)46(48)36(15)43(44)35(42)14;18*1-2/h19,21H,20,22H2,1-18H3;18*1-2H3/b23-19+,29-25-;;;;;;;;;;;;;;;;;;. The smallest absolute Gasteiger partial charge is 0.0273 e. The maximum atomic E-state index is 2.58. The van der Waals surface area contributed by atoms with E-state index >= 15 is 0 Å². The lowest BCUT2D eigenvalue weighted by Gasteiger charge is -2.39. The molecule has 84 heavy (non-hydrogen) atoms. The zero-order valence-corrected chi connectivity index (χ0v) is 69.6. The van der Waals surface area contributed by atoms with E-state index in [4.69, 9.17) is 0 Å². The molecular weight excluding hydrogens is 1010 g/mol. The molecule has 0 bridgehead atoms. The zero-order chi connectivity index (χ0) is 71.7. The van der Waals surface area contributed by atoms with Gasteiger partial charge < -0.3 is 0 Å². The van der Waals surface area contributed by atoms with E-state index in [2.05, 4.69) is 137 Å².